The van der Waals surface area contributed by atoms with E-state index in [1.165, 1.54) is 11.1 Å². The fourth-order valence-corrected chi connectivity index (χ4v) is 2.17. The van der Waals surface area contributed by atoms with Crippen molar-refractivity contribution in [2.24, 2.45) is 0 Å². The van der Waals surface area contributed by atoms with E-state index < -0.39 is 0 Å². The summed E-state index contributed by atoms with van der Waals surface area (Å²) in [6.07, 6.45) is 0. The minimum atomic E-state index is 0.569. The Morgan fingerprint density at radius 1 is 0.947 bits per heavy atom. The number of hydrogen-bond acceptors (Lipinski definition) is 1. The lowest BCUT2D eigenvalue weighted by molar-refractivity contribution is 1.37. The molecule has 0 amide bonds. The van der Waals surface area contributed by atoms with Gasteiger partial charge in [0.1, 0.15) is 0 Å². The molecule has 2 N–H and O–H groups in total. The van der Waals surface area contributed by atoms with Crippen molar-refractivity contribution in [2.75, 3.05) is 10.6 Å². The Morgan fingerprint density at radius 3 is 2.11 bits per heavy atom. The van der Waals surface area contributed by atoms with Gasteiger partial charge in [0.15, 0.2) is 5.11 Å². The second-order valence-corrected chi connectivity index (χ2v) is 5.20. The molecule has 0 aliphatic carbocycles. The summed E-state index contributed by atoms with van der Waals surface area (Å²) in [5.41, 5.74) is 4.29. The van der Waals surface area contributed by atoms with Crippen LogP contribution in [0, 0.1) is 13.8 Å². The third-order valence-corrected chi connectivity index (χ3v) is 3.28. The van der Waals surface area contributed by atoms with E-state index in [1.807, 2.05) is 30.3 Å². The maximum atomic E-state index is 5.84. The van der Waals surface area contributed by atoms with Crippen LogP contribution in [0.25, 0.3) is 0 Å². The van der Waals surface area contributed by atoms with Gasteiger partial charge in [-0.05, 0) is 61.5 Å². The van der Waals surface area contributed by atoms with Gasteiger partial charge < -0.3 is 10.6 Å². The molecular formula is C15H15ClN2S. The number of hydrogen-bond donors (Lipinski definition) is 2. The third kappa shape index (κ3) is 3.69. The fraction of sp³-hybridized carbons (Fsp3) is 0.133. The van der Waals surface area contributed by atoms with E-state index >= 15 is 0 Å². The molecule has 0 heterocycles. The largest absolute Gasteiger partial charge is 0.332 e. The second-order valence-electron chi connectivity index (χ2n) is 4.35. The summed E-state index contributed by atoms with van der Waals surface area (Å²) in [7, 11) is 0. The zero-order valence-electron chi connectivity index (χ0n) is 10.8. The third-order valence-electron chi connectivity index (χ3n) is 2.82. The number of aryl methyl sites for hydroxylation is 2. The number of anilines is 2. The van der Waals surface area contributed by atoms with Gasteiger partial charge in [0.2, 0.25) is 0 Å². The summed E-state index contributed by atoms with van der Waals surface area (Å²) < 4.78 is 0. The Morgan fingerprint density at radius 2 is 1.53 bits per heavy atom. The SMILES string of the molecule is Cc1cccc(C)c1NC(=S)Nc1ccc(Cl)cc1. The fourth-order valence-electron chi connectivity index (χ4n) is 1.82. The topological polar surface area (TPSA) is 24.1 Å². The molecule has 0 spiro atoms. The first-order chi connectivity index (χ1) is 9.06. The normalized spacial score (nSPS) is 10.1. The van der Waals surface area contributed by atoms with Crippen LogP contribution in [-0.4, -0.2) is 5.11 Å². The first kappa shape index (κ1) is 13.8. The maximum absolute atomic E-state index is 5.84. The molecule has 0 saturated carbocycles. The van der Waals surface area contributed by atoms with Crippen molar-refractivity contribution < 1.29 is 0 Å². The summed E-state index contributed by atoms with van der Waals surface area (Å²) in [6, 6.07) is 13.6. The molecule has 0 unspecified atom stereocenters. The Bertz CT molecular complexity index is 573. The quantitative estimate of drug-likeness (QED) is 0.779. The molecule has 0 radical (unpaired) electrons. The Labute approximate surface area is 123 Å². The smallest absolute Gasteiger partial charge is 0.175 e. The molecule has 2 aromatic carbocycles. The van der Waals surface area contributed by atoms with Crippen molar-refractivity contribution in [3.05, 3.63) is 58.6 Å². The number of nitrogens with one attached hydrogen (secondary N) is 2. The summed E-state index contributed by atoms with van der Waals surface area (Å²) in [5, 5.41) is 7.64. The lowest BCUT2D eigenvalue weighted by Crippen LogP contribution is -2.20. The van der Waals surface area contributed by atoms with Gasteiger partial charge in [-0.2, -0.15) is 0 Å². The molecule has 2 aromatic rings. The molecule has 0 aliphatic heterocycles. The molecule has 0 bridgehead atoms. The van der Waals surface area contributed by atoms with Crippen LogP contribution >= 0.6 is 23.8 Å². The number of benzene rings is 2. The highest BCUT2D eigenvalue weighted by Gasteiger charge is 2.04. The molecule has 0 saturated heterocycles. The van der Waals surface area contributed by atoms with Crippen LogP contribution in [0.4, 0.5) is 11.4 Å². The van der Waals surface area contributed by atoms with Gasteiger partial charge in [0.25, 0.3) is 0 Å². The number of halogens is 1. The number of para-hydroxylation sites is 1. The van der Waals surface area contributed by atoms with Crippen LogP contribution in [0.1, 0.15) is 11.1 Å². The van der Waals surface area contributed by atoms with E-state index in [0.717, 1.165) is 11.4 Å². The number of rotatable bonds is 2. The molecular weight excluding hydrogens is 276 g/mol. The summed E-state index contributed by atoms with van der Waals surface area (Å²) in [4.78, 5) is 0. The molecule has 98 valence electrons. The van der Waals surface area contributed by atoms with Gasteiger partial charge in [-0.15, -0.1) is 0 Å². The minimum absolute atomic E-state index is 0.569. The molecule has 2 nitrogen and oxygen atoms in total. The monoisotopic (exact) mass is 290 g/mol. The predicted octanol–water partition coefficient (Wildman–Crippen LogP) is 4.77. The van der Waals surface area contributed by atoms with E-state index in [0.29, 0.717) is 10.1 Å². The Hall–Kier alpha value is -1.58. The molecule has 4 heteroatoms. The molecule has 2 rings (SSSR count). The first-order valence-corrected chi connectivity index (χ1v) is 6.74. The standard InChI is InChI=1S/C15H15ClN2S/c1-10-4-3-5-11(2)14(10)18-15(19)17-13-8-6-12(16)7-9-13/h3-9H,1-2H3,(H2,17,18,19). The van der Waals surface area contributed by atoms with Crippen molar-refractivity contribution in [1.82, 2.24) is 0 Å². The van der Waals surface area contributed by atoms with E-state index in [4.69, 9.17) is 23.8 Å². The van der Waals surface area contributed by atoms with E-state index in [-0.39, 0.29) is 0 Å². The number of thiocarbonyl (C=S) groups is 1. The van der Waals surface area contributed by atoms with Crippen molar-refractivity contribution in [3.8, 4) is 0 Å². The average molecular weight is 291 g/mol. The van der Waals surface area contributed by atoms with E-state index in [2.05, 4.69) is 36.6 Å². The van der Waals surface area contributed by atoms with Crippen molar-refractivity contribution >= 4 is 40.3 Å². The van der Waals surface area contributed by atoms with Crippen molar-refractivity contribution in [1.29, 1.82) is 0 Å². The van der Waals surface area contributed by atoms with Crippen LogP contribution in [0.15, 0.2) is 42.5 Å². The molecule has 19 heavy (non-hydrogen) atoms. The van der Waals surface area contributed by atoms with Crippen LogP contribution in [0.3, 0.4) is 0 Å². The minimum Gasteiger partial charge on any atom is -0.332 e. The molecule has 0 atom stereocenters. The first-order valence-electron chi connectivity index (χ1n) is 5.96. The van der Waals surface area contributed by atoms with Gasteiger partial charge in [0, 0.05) is 16.4 Å². The van der Waals surface area contributed by atoms with Gasteiger partial charge in [0.05, 0.1) is 0 Å². The summed E-state index contributed by atoms with van der Waals surface area (Å²) in [5.74, 6) is 0. The van der Waals surface area contributed by atoms with Crippen LogP contribution in [-0.2, 0) is 0 Å². The van der Waals surface area contributed by atoms with Crippen LogP contribution in [0.5, 0.6) is 0 Å². The molecule has 0 aliphatic rings. The zero-order chi connectivity index (χ0) is 13.8. The molecule has 0 aromatic heterocycles. The lowest BCUT2D eigenvalue weighted by Gasteiger charge is -2.14. The van der Waals surface area contributed by atoms with E-state index in [9.17, 15) is 0 Å². The summed E-state index contributed by atoms with van der Waals surface area (Å²) >= 11 is 11.2. The highest BCUT2D eigenvalue weighted by Crippen LogP contribution is 2.20. The second kappa shape index (κ2) is 6.04. The predicted molar refractivity (Wildman–Crippen MR) is 87.2 cm³/mol. The van der Waals surface area contributed by atoms with Gasteiger partial charge in [-0.3, -0.25) is 0 Å². The van der Waals surface area contributed by atoms with Crippen LogP contribution < -0.4 is 10.6 Å². The van der Waals surface area contributed by atoms with Crippen molar-refractivity contribution in [2.45, 2.75) is 13.8 Å². The maximum Gasteiger partial charge on any atom is 0.175 e. The van der Waals surface area contributed by atoms with Crippen LogP contribution in [0.2, 0.25) is 5.02 Å². The highest BCUT2D eigenvalue weighted by molar-refractivity contribution is 7.80. The van der Waals surface area contributed by atoms with Gasteiger partial charge in [-0.25, -0.2) is 0 Å². The Balaban J connectivity index is 2.07. The van der Waals surface area contributed by atoms with Gasteiger partial charge >= 0.3 is 0 Å². The summed E-state index contributed by atoms with van der Waals surface area (Å²) in [6.45, 7) is 4.11. The van der Waals surface area contributed by atoms with Gasteiger partial charge in [-0.1, -0.05) is 29.8 Å². The average Bonchev–Trinajstić information content (AvgIpc) is 2.37. The van der Waals surface area contributed by atoms with E-state index in [1.54, 1.807) is 0 Å². The Kier molecular flexibility index (Phi) is 4.40. The zero-order valence-corrected chi connectivity index (χ0v) is 12.4. The molecule has 0 fully saturated rings. The highest BCUT2D eigenvalue weighted by atomic mass is 35.5. The van der Waals surface area contributed by atoms with Crippen molar-refractivity contribution in [3.63, 3.8) is 0 Å². The lowest BCUT2D eigenvalue weighted by atomic mass is 10.1.